The van der Waals surface area contributed by atoms with Crippen molar-refractivity contribution in [2.75, 3.05) is 0 Å². The Labute approximate surface area is 81.0 Å². The van der Waals surface area contributed by atoms with Crippen LogP contribution in [0.25, 0.3) is 0 Å². The first-order valence-corrected chi connectivity index (χ1v) is 4.17. The van der Waals surface area contributed by atoms with Crippen molar-refractivity contribution < 1.29 is 9.90 Å². The molecular formula is C9H12N2O3. The summed E-state index contributed by atoms with van der Waals surface area (Å²) in [5, 5.41) is 8.86. The number of rotatable bonds is 3. The van der Waals surface area contributed by atoms with Gasteiger partial charge >= 0.3 is 5.97 Å². The number of carbonyl (C=O) groups is 1. The van der Waals surface area contributed by atoms with Gasteiger partial charge in [0.1, 0.15) is 0 Å². The number of aliphatic carboxylic acids is 1. The number of carboxylic acid groups (broad SMARTS) is 1. The molecule has 0 radical (unpaired) electrons. The zero-order chi connectivity index (χ0) is 10.8. The smallest absolute Gasteiger partial charge is 0.310 e. The van der Waals surface area contributed by atoms with Crippen LogP contribution in [0.5, 0.6) is 0 Å². The molecule has 0 saturated carbocycles. The van der Waals surface area contributed by atoms with E-state index in [1.54, 1.807) is 13.8 Å². The summed E-state index contributed by atoms with van der Waals surface area (Å²) in [6.07, 6.45) is 2.72. The van der Waals surface area contributed by atoms with Gasteiger partial charge in [-0.25, -0.2) is 4.98 Å². The zero-order valence-corrected chi connectivity index (χ0v) is 8.10. The van der Waals surface area contributed by atoms with Crippen molar-refractivity contribution in [3.63, 3.8) is 0 Å². The molecule has 0 aromatic carbocycles. The highest BCUT2D eigenvalue weighted by Crippen LogP contribution is 2.16. The average Bonchev–Trinajstić information content (AvgIpc) is 2.08. The van der Waals surface area contributed by atoms with Crippen LogP contribution in [0.2, 0.25) is 0 Å². The number of aromatic nitrogens is 2. The molecule has 1 heterocycles. The Morgan fingerprint density at radius 1 is 1.64 bits per heavy atom. The average molecular weight is 196 g/mol. The first-order valence-electron chi connectivity index (χ1n) is 4.17. The Bertz CT molecular complexity index is 395. The van der Waals surface area contributed by atoms with Crippen LogP contribution in [-0.4, -0.2) is 20.6 Å². The van der Waals surface area contributed by atoms with Crippen molar-refractivity contribution in [3.05, 3.63) is 28.9 Å². The first kappa shape index (κ1) is 10.4. The summed E-state index contributed by atoms with van der Waals surface area (Å²) in [5.41, 5.74) is -1.21. The van der Waals surface area contributed by atoms with E-state index in [-0.39, 0.29) is 12.1 Å². The van der Waals surface area contributed by atoms with Gasteiger partial charge in [-0.3, -0.25) is 14.2 Å². The fourth-order valence-electron chi connectivity index (χ4n) is 0.991. The highest BCUT2D eigenvalue weighted by Gasteiger charge is 2.27. The monoisotopic (exact) mass is 196 g/mol. The molecule has 0 aliphatic heterocycles. The van der Waals surface area contributed by atoms with Gasteiger partial charge in [0, 0.05) is 18.8 Å². The van der Waals surface area contributed by atoms with E-state index in [0.717, 1.165) is 0 Å². The molecule has 5 nitrogen and oxygen atoms in total. The fraction of sp³-hybridized carbons (Fsp3) is 0.444. The fourth-order valence-corrected chi connectivity index (χ4v) is 0.991. The molecule has 1 rings (SSSR count). The van der Waals surface area contributed by atoms with Crippen molar-refractivity contribution in [2.24, 2.45) is 5.41 Å². The van der Waals surface area contributed by atoms with E-state index in [9.17, 15) is 9.59 Å². The van der Waals surface area contributed by atoms with E-state index in [1.807, 2.05) is 0 Å². The number of carboxylic acids is 1. The molecule has 0 spiro atoms. The van der Waals surface area contributed by atoms with Crippen LogP contribution in [-0.2, 0) is 11.3 Å². The molecule has 14 heavy (non-hydrogen) atoms. The molecule has 0 saturated heterocycles. The largest absolute Gasteiger partial charge is 0.481 e. The maximum absolute atomic E-state index is 11.2. The lowest BCUT2D eigenvalue weighted by molar-refractivity contribution is -0.147. The summed E-state index contributed by atoms with van der Waals surface area (Å²) in [6.45, 7) is 3.25. The van der Waals surface area contributed by atoms with Crippen LogP contribution in [0.15, 0.2) is 23.4 Å². The second-order valence-corrected chi connectivity index (χ2v) is 3.74. The Kier molecular flexibility index (Phi) is 2.69. The van der Waals surface area contributed by atoms with Crippen LogP contribution in [0, 0.1) is 5.41 Å². The third-order valence-electron chi connectivity index (χ3n) is 1.94. The second-order valence-electron chi connectivity index (χ2n) is 3.74. The molecule has 0 bridgehead atoms. The van der Waals surface area contributed by atoms with Gasteiger partial charge in [-0.05, 0) is 13.8 Å². The maximum Gasteiger partial charge on any atom is 0.310 e. The van der Waals surface area contributed by atoms with E-state index < -0.39 is 11.4 Å². The Balaban J connectivity index is 2.95. The van der Waals surface area contributed by atoms with Gasteiger partial charge in [-0.1, -0.05) is 0 Å². The minimum absolute atomic E-state index is 0.120. The van der Waals surface area contributed by atoms with E-state index in [2.05, 4.69) is 4.98 Å². The summed E-state index contributed by atoms with van der Waals surface area (Å²) in [6, 6.07) is 1.30. The standard InChI is InChI=1S/C9H12N2O3/c1-9(2,8(13)14)5-11-6-10-4-3-7(11)12/h3-4,6H,5H2,1-2H3,(H,13,14). The Morgan fingerprint density at radius 2 is 2.29 bits per heavy atom. The van der Waals surface area contributed by atoms with Crippen LogP contribution in [0.3, 0.4) is 0 Å². The van der Waals surface area contributed by atoms with Gasteiger partial charge in [0.15, 0.2) is 0 Å². The van der Waals surface area contributed by atoms with Gasteiger partial charge in [0.2, 0.25) is 0 Å². The molecule has 0 atom stereocenters. The van der Waals surface area contributed by atoms with Crippen LogP contribution in [0.4, 0.5) is 0 Å². The molecule has 1 aromatic heterocycles. The molecule has 0 aliphatic carbocycles. The summed E-state index contributed by atoms with van der Waals surface area (Å²) >= 11 is 0. The molecule has 1 N–H and O–H groups in total. The van der Waals surface area contributed by atoms with Crippen molar-refractivity contribution in [1.82, 2.24) is 9.55 Å². The number of hydrogen-bond acceptors (Lipinski definition) is 3. The second kappa shape index (κ2) is 3.61. The molecule has 76 valence electrons. The topological polar surface area (TPSA) is 72.2 Å². The Hall–Kier alpha value is -1.65. The van der Waals surface area contributed by atoms with Crippen LogP contribution < -0.4 is 5.56 Å². The summed E-state index contributed by atoms with van der Waals surface area (Å²) in [5.74, 6) is -0.937. The molecule has 1 aromatic rings. The first-order chi connectivity index (χ1) is 6.43. The zero-order valence-electron chi connectivity index (χ0n) is 8.10. The van der Waals surface area contributed by atoms with Gasteiger partial charge in [0.25, 0.3) is 5.56 Å². The molecule has 0 aliphatic rings. The van der Waals surface area contributed by atoms with Crippen molar-refractivity contribution in [3.8, 4) is 0 Å². The third-order valence-corrected chi connectivity index (χ3v) is 1.94. The lowest BCUT2D eigenvalue weighted by Crippen LogP contribution is -2.33. The molecular weight excluding hydrogens is 184 g/mol. The lowest BCUT2D eigenvalue weighted by atomic mass is 9.94. The van der Waals surface area contributed by atoms with Crippen LogP contribution >= 0.6 is 0 Å². The highest BCUT2D eigenvalue weighted by molar-refractivity contribution is 5.73. The maximum atomic E-state index is 11.2. The summed E-state index contributed by atoms with van der Waals surface area (Å²) < 4.78 is 1.29. The van der Waals surface area contributed by atoms with Gasteiger partial charge in [0.05, 0.1) is 11.7 Å². The van der Waals surface area contributed by atoms with Gasteiger partial charge in [-0.2, -0.15) is 0 Å². The minimum atomic E-state index is -0.965. The van der Waals surface area contributed by atoms with Crippen LogP contribution in [0.1, 0.15) is 13.8 Å². The normalized spacial score (nSPS) is 11.3. The van der Waals surface area contributed by atoms with E-state index in [1.165, 1.54) is 23.2 Å². The summed E-state index contributed by atoms with van der Waals surface area (Å²) in [7, 11) is 0. The van der Waals surface area contributed by atoms with Gasteiger partial charge in [-0.15, -0.1) is 0 Å². The SMILES string of the molecule is CC(C)(Cn1cnccc1=O)C(=O)O. The minimum Gasteiger partial charge on any atom is -0.481 e. The lowest BCUT2D eigenvalue weighted by Gasteiger charge is -2.19. The molecule has 0 unspecified atom stereocenters. The molecule has 5 heteroatoms. The van der Waals surface area contributed by atoms with Crippen molar-refractivity contribution in [2.45, 2.75) is 20.4 Å². The molecule has 0 fully saturated rings. The third kappa shape index (κ3) is 2.18. The quantitative estimate of drug-likeness (QED) is 0.757. The Morgan fingerprint density at radius 3 is 2.79 bits per heavy atom. The predicted molar refractivity (Wildman–Crippen MR) is 49.9 cm³/mol. The highest BCUT2D eigenvalue weighted by atomic mass is 16.4. The van der Waals surface area contributed by atoms with Crippen molar-refractivity contribution >= 4 is 5.97 Å². The predicted octanol–water partition coefficient (Wildman–Crippen LogP) is 0.354. The number of nitrogens with zero attached hydrogens (tertiary/aromatic N) is 2. The van der Waals surface area contributed by atoms with E-state index >= 15 is 0 Å². The number of hydrogen-bond donors (Lipinski definition) is 1. The van der Waals surface area contributed by atoms with Crippen molar-refractivity contribution in [1.29, 1.82) is 0 Å². The van der Waals surface area contributed by atoms with E-state index in [4.69, 9.17) is 5.11 Å². The molecule has 0 amide bonds. The summed E-state index contributed by atoms with van der Waals surface area (Å²) in [4.78, 5) is 25.8. The van der Waals surface area contributed by atoms with E-state index in [0.29, 0.717) is 0 Å². The van der Waals surface area contributed by atoms with Gasteiger partial charge < -0.3 is 5.11 Å².